The summed E-state index contributed by atoms with van der Waals surface area (Å²) >= 11 is 0. The van der Waals surface area contributed by atoms with Crippen molar-refractivity contribution in [3.05, 3.63) is 11.6 Å². The van der Waals surface area contributed by atoms with Crippen LogP contribution in [0.5, 0.6) is 0 Å². The smallest absolute Gasteiger partial charge is 0.0756 e. The molecule has 0 fully saturated rings. The van der Waals surface area contributed by atoms with E-state index >= 15 is 0 Å². The predicted molar refractivity (Wildman–Crippen MR) is 48.7 cm³/mol. The molecule has 0 unspecified atom stereocenters. The summed E-state index contributed by atoms with van der Waals surface area (Å²) in [4.78, 5) is 0. The summed E-state index contributed by atoms with van der Waals surface area (Å²) in [5.74, 6) is 0.641. The van der Waals surface area contributed by atoms with E-state index in [2.05, 4.69) is 13.8 Å². The Morgan fingerprint density at radius 2 is 2.00 bits per heavy atom. The molecule has 12 heavy (non-hydrogen) atoms. The first-order valence-electron chi connectivity index (χ1n) is 4.56. The van der Waals surface area contributed by atoms with Crippen molar-refractivity contribution in [3.8, 4) is 0 Å². The molecule has 0 heterocycles. The van der Waals surface area contributed by atoms with E-state index in [9.17, 15) is 10.2 Å². The van der Waals surface area contributed by atoms with Gasteiger partial charge in [-0.1, -0.05) is 19.9 Å². The van der Waals surface area contributed by atoms with E-state index in [4.69, 9.17) is 0 Å². The fourth-order valence-corrected chi connectivity index (χ4v) is 1.75. The average Bonchev–Trinajstić information content (AvgIpc) is 1.96. The fourth-order valence-electron chi connectivity index (χ4n) is 1.75. The summed E-state index contributed by atoms with van der Waals surface area (Å²) in [5, 5.41) is 19.2. The van der Waals surface area contributed by atoms with Gasteiger partial charge in [-0.3, -0.25) is 0 Å². The second-order valence-electron chi connectivity index (χ2n) is 4.06. The molecule has 0 aromatic carbocycles. The lowest BCUT2D eigenvalue weighted by Gasteiger charge is -2.31. The van der Waals surface area contributed by atoms with Crippen molar-refractivity contribution in [3.63, 3.8) is 0 Å². The lowest BCUT2D eigenvalue weighted by molar-refractivity contribution is 0.0607. The molecule has 0 aliphatic heterocycles. The van der Waals surface area contributed by atoms with Crippen molar-refractivity contribution < 1.29 is 10.2 Å². The summed E-state index contributed by atoms with van der Waals surface area (Å²) < 4.78 is 0. The quantitative estimate of drug-likeness (QED) is 0.583. The monoisotopic (exact) mass is 170 g/mol. The first-order valence-corrected chi connectivity index (χ1v) is 4.56. The third-order valence-electron chi connectivity index (χ3n) is 2.75. The van der Waals surface area contributed by atoms with Crippen LogP contribution in [0.2, 0.25) is 0 Å². The predicted octanol–water partition coefficient (Wildman–Crippen LogP) is 1.33. The molecule has 2 heteroatoms. The fraction of sp³-hybridized carbons (Fsp3) is 0.800. The molecule has 3 atom stereocenters. The van der Waals surface area contributed by atoms with E-state index in [1.165, 1.54) is 0 Å². The SMILES string of the molecule is CC1=C[C@H](O)[C@@H](C(C)C)C[C@H]1O. The normalized spacial score (nSPS) is 36.8. The van der Waals surface area contributed by atoms with Gasteiger partial charge in [0.25, 0.3) is 0 Å². The minimum absolute atomic E-state index is 0.212. The molecule has 0 saturated carbocycles. The molecule has 0 aromatic rings. The van der Waals surface area contributed by atoms with Crippen molar-refractivity contribution in [2.24, 2.45) is 11.8 Å². The van der Waals surface area contributed by atoms with Gasteiger partial charge >= 0.3 is 0 Å². The Kier molecular flexibility index (Phi) is 2.91. The molecule has 0 radical (unpaired) electrons. The molecule has 0 spiro atoms. The summed E-state index contributed by atoms with van der Waals surface area (Å²) in [7, 11) is 0. The van der Waals surface area contributed by atoms with Crippen molar-refractivity contribution in [2.75, 3.05) is 0 Å². The number of aliphatic hydroxyl groups excluding tert-OH is 2. The summed E-state index contributed by atoms with van der Waals surface area (Å²) in [6, 6.07) is 0. The van der Waals surface area contributed by atoms with Crippen LogP contribution in [-0.4, -0.2) is 22.4 Å². The lowest BCUT2D eigenvalue weighted by atomic mass is 9.79. The minimum Gasteiger partial charge on any atom is -0.389 e. The number of aliphatic hydroxyl groups is 2. The largest absolute Gasteiger partial charge is 0.389 e. The number of hydrogen-bond donors (Lipinski definition) is 2. The molecule has 0 aromatic heterocycles. The van der Waals surface area contributed by atoms with Crippen LogP contribution < -0.4 is 0 Å². The molecule has 0 saturated heterocycles. The summed E-state index contributed by atoms with van der Waals surface area (Å²) in [6.45, 7) is 6.02. The average molecular weight is 170 g/mol. The van der Waals surface area contributed by atoms with Crippen molar-refractivity contribution in [1.29, 1.82) is 0 Å². The standard InChI is InChI=1S/C10H18O2/c1-6(2)8-5-9(11)7(3)4-10(8)12/h4,6,8-12H,5H2,1-3H3/t8-,9-,10+/m1/s1. The van der Waals surface area contributed by atoms with E-state index < -0.39 is 0 Å². The van der Waals surface area contributed by atoms with Gasteiger partial charge in [0.1, 0.15) is 0 Å². The first-order chi connectivity index (χ1) is 5.52. The van der Waals surface area contributed by atoms with E-state index in [-0.39, 0.29) is 18.1 Å². The number of rotatable bonds is 1. The minimum atomic E-state index is -0.367. The van der Waals surface area contributed by atoms with E-state index in [1.54, 1.807) is 6.08 Å². The van der Waals surface area contributed by atoms with Crippen molar-refractivity contribution in [1.82, 2.24) is 0 Å². The Hall–Kier alpha value is -0.340. The maximum atomic E-state index is 9.64. The highest BCUT2D eigenvalue weighted by molar-refractivity contribution is 5.13. The van der Waals surface area contributed by atoms with Crippen LogP contribution in [0.3, 0.4) is 0 Å². The second kappa shape index (κ2) is 3.58. The third-order valence-corrected chi connectivity index (χ3v) is 2.75. The highest BCUT2D eigenvalue weighted by Gasteiger charge is 2.28. The molecule has 2 N–H and O–H groups in total. The van der Waals surface area contributed by atoms with Gasteiger partial charge in [0, 0.05) is 0 Å². The Morgan fingerprint density at radius 1 is 1.42 bits per heavy atom. The van der Waals surface area contributed by atoms with Gasteiger partial charge in [-0.2, -0.15) is 0 Å². The van der Waals surface area contributed by atoms with Crippen molar-refractivity contribution >= 4 is 0 Å². The van der Waals surface area contributed by atoms with Crippen LogP contribution in [0.4, 0.5) is 0 Å². The Labute approximate surface area is 73.9 Å². The third kappa shape index (κ3) is 1.87. The molecular formula is C10H18O2. The molecule has 70 valence electrons. The zero-order valence-corrected chi connectivity index (χ0v) is 7.99. The van der Waals surface area contributed by atoms with Gasteiger partial charge in [-0.15, -0.1) is 0 Å². The van der Waals surface area contributed by atoms with Gasteiger partial charge in [0.05, 0.1) is 12.2 Å². The molecule has 1 aliphatic rings. The molecule has 0 amide bonds. The summed E-state index contributed by atoms with van der Waals surface area (Å²) in [5.41, 5.74) is 0.902. The van der Waals surface area contributed by atoms with Crippen LogP contribution in [0, 0.1) is 11.8 Å². The van der Waals surface area contributed by atoms with Gasteiger partial charge < -0.3 is 10.2 Å². The summed E-state index contributed by atoms with van der Waals surface area (Å²) in [6.07, 6.45) is 1.76. The Morgan fingerprint density at radius 3 is 2.50 bits per heavy atom. The molecule has 1 rings (SSSR count). The molecular weight excluding hydrogens is 152 g/mol. The molecule has 1 aliphatic carbocycles. The van der Waals surface area contributed by atoms with E-state index in [1.807, 2.05) is 6.92 Å². The Bertz CT molecular complexity index is 184. The highest BCUT2D eigenvalue weighted by atomic mass is 16.3. The van der Waals surface area contributed by atoms with Gasteiger partial charge in [0.15, 0.2) is 0 Å². The zero-order chi connectivity index (χ0) is 9.30. The Balaban J connectivity index is 2.72. The van der Waals surface area contributed by atoms with Gasteiger partial charge in [-0.05, 0) is 30.8 Å². The lowest BCUT2D eigenvalue weighted by Crippen LogP contribution is -2.33. The first kappa shape index (κ1) is 9.75. The number of hydrogen-bond acceptors (Lipinski definition) is 2. The van der Waals surface area contributed by atoms with E-state index in [0.29, 0.717) is 12.3 Å². The highest BCUT2D eigenvalue weighted by Crippen LogP contribution is 2.29. The zero-order valence-electron chi connectivity index (χ0n) is 7.99. The van der Waals surface area contributed by atoms with Crippen LogP contribution in [0.25, 0.3) is 0 Å². The van der Waals surface area contributed by atoms with Gasteiger partial charge in [-0.25, -0.2) is 0 Å². The maximum Gasteiger partial charge on any atom is 0.0756 e. The van der Waals surface area contributed by atoms with Crippen LogP contribution in [0.1, 0.15) is 27.2 Å². The van der Waals surface area contributed by atoms with Gasteiger partial charge in [0.2, 0.25) is 0 Å². The topological polar surface area (TPSA) is 40.5 Å². The van der Waals surface area contributed by atoms with Crippen LogP contribution >= 0.6 is 0 Å². The molecule has 2 nitrogen and oxygen atoms in total. The second-order valence-corrected chi connectivity index (χ2v) is 4.06. The maximum absolute atomic E-state index is 9.64. The van der Waals surface area contributed by atoms with Crippen LogP contribution in [-0.2, 0) is 0 Å². The van der Waals surface area contributed by atoms with Crippen LogP contribution in [0.15, 0.2) is 11.6 Å². The van der Waals surface area contributed by atoms with Crippen molar-refractivity contribution in [2.45, 2.75) is 39.4 Å². The van der Waals surface area contributed by atoms with E-state index in [0.717, 1.165) is 5.57 Å². The molecule has 0 bridgehead atoms.